The first kappa shape index (κ1) is 10.6. The molecule has 82 valence electrons. The maximum absolute atomic E-state index is 10.7. The highest BCUT2D eigenvalue weighted by Gasteiger charge is 2.10. The van der Waals surface area contributed by atoms with Crippen LogP contribution in [0, 0.1) is 17.0 Å². The monoisotopic (exact) mass is 237 g/mol. The Kier molecular flexibility index (Phi) is 2.62. The molecule has 5 nitrogen and oxygen atoms in total. The van der Waals surface area contributed by atoms with Crippen LogP contribution in [-0.2, 0) is 0 Å². The summed E-state index contributed by atoms with van der Waals surface area (Å²) in [6, 6.07) is 4.62. The van der Waals surface area contributed by atoms with Gasteiger partial charge < -0.3 is 0 Å². The van der Waals surface area contributed by atoms with Crippen LogP contribution in [0.5, 0.6) is 0 Å². The van der Waals surface area contributed by atoms with E-state index >= 15 is 0 Å². The Morgan fingerprint density at radius 3 is 2.81 bits per heavy atom. The Balaban J connectivity index is 2.55. The van der Waals surface area contributed by atoms with Crippen LogP contribution in [-0.4, -0.2) is 14.7 Å². The molecule has 0 amide bonds. The number of benzene rings is 1. The first-order valence-electron chi connectivity index (χ1n) is 4.53. The van der Waals surface area contributed by atoms with Crippen LogP contribution in [0.2, 0.25) is 5.02 Å². The second-order valence-electron chi connectivity index (χ2n) is 3.33. The molecule has 6 heteroatoms. The van der Waals surface area contributed by atoms with Gasteiger partial charge in [-0.1, -0.05) is 17.7 Å². The van der Waals surface area contributed by atoms with Crippen LogP contribution in [0.15, 0.2) is 30.6 Å². The highest BCUT2D eigenvalue weighted by molar-refractivity contribution is 6.30. The Hall–Kier alpha value is -1.88. The van der Waals surface area contributed by atoms with Crippen LogP contribution in [0.4, 0.5) is 5.69 Å². The summed E-state index contributed by atoms with van der Waals surface area (Å²) in [6.07, 6.45) is 3.09. The molecule has 0 aliphatic carbocycles. The number of hydrogen-bond acceptors (Lipinski definition) is 3. The van der Waals surface area contributed by atoms with E-state index in [4.69, 9.17) is 11.6 Å². The van der Waals surface area contributed by atoms with Crippen molar-refractivity contribution >= 4 is 17.3 Å². The predicted octanol–water partition coefficient (Wildman–Crippen LogP) is 2.74. The zero-order valence-corrected chi connectivity index (χ0v) is 9.18. The lowest BCUT2D eigenvalue weighted by molar-refractivity contribution is -0.384. The van der Waals surface area contributed by atoms with Gasteiger partial charge in [-0.05, 0) is 12.5 Å². The molecular formula is C10H8ClN3O2. The molecule has 0 saturated heterocycles. The number of nitro benzene ring substituents is 1. The minimum absolute atomic E-state index is 0.0345. The van der Waals surface area contributed by atoms with E-state index in [2.05, 4.69) is 5.10 Å². The molecule has 1 aromatic heterocycles. The van der Waals surface area contributed by atoms with E-state index in [1.165, 1.54) is 23.0 Å². The molecule has 16 heavy (non-hydrogen) atoms. The van der Waals surface area contributed by atoms with Gasteiger partial charge in [-0.25, -0.2) is 4.68 Å². The largest absolute Gasteiger partial charge is 0.271 e. The number of rotatable bonds is 2. The molecule has 1 aromatic carbocycles. The van der Waals surface area contributed by atoms with Crippen molar-refractivity contribution in [2.45, 2.75) is 6.92 Å². The minimum atomic E-state index is -0.436. The summed E-state index contributed by atoms with van der Waals surface area (Å²) in [5.74, 6) is 0. The lowest BCUT2D eigenvalue weighted by Crippen LogP contribution is -1.99. The Bertz CT molecular complexity index is 551. The van der Waals surface area contributed by atoms with Crippen LogP contribution in [0.25, 0.3) is 5.69 Å². The third-order valence-corrected chi connectivity index (χ3v) is 2.40. The second-order valence-corrected chi connectivity index (χ2v) is 3.77. The number of aryl methyl sites for hydroxylation is 1. The van der Waals surface area contributed by atoms with Crippen LogP contribution in [0.1, 0.15) is 5.56 Å². The fourth-order valence-electron chi connectivity index (χ4n) is 1.39. The first-order valence-corrected chi connectivity index (χ1v) is 4.91. The molecule has 0 bridgehead atoms. The molecule has 0 saturated carbocycles. The van der Waals surface area contributed by atoms with Gasteiger partial charge in [-0.3, -0.25) is 10.1 Å². The molecule has 0 fully saturated rings. The summed E-state index contributed by atoms with van der Waals surface area (Å²) >= 11 is 5.75. The standard InChI is InChI=1S/C10H8ClN3O2/c1-7-2-3-9(14(15)16)4-10(7)13-6-8(11)5-12-13/h2-6H,1H3. The summed E-state index contributed by atoms with van der Waals surface area (Å²) < 4.78 is 1.52. The van der Waals surface area contributed by atoms with E-state index in [0.29, 0.717) is 10.7 Å². The van der Waals surface area contributed by atoms with Gasteiger partial charge >= 0.3 is 0 Å². The Morgan fingerprint density at radius 1 is 1.50 bits per heavy atom. The average Bonchev–Trinajstić information content (AvgIpc) is 2.65. The van der Waals surface area contributed by atoms with Gasteiger partial charge in [0.2, 0.25) is 0 Å². The third-order valence-electron chi connectivity index (χ3n) is 2.20. The van der Waals surface area contributed by atoms with E-state index in [9.17, 15) is 10.1 Å². The first-order chi connectivity index (χ1) is 7.58. The lowest BCUT2D eigenvalue weighted by Gasteiger charge is -2.04. The van der Waals surface area contributed by atoms with Crippen molar-refractivity contribution in [1.29, 1.82) is 0 Å². The highest BCUT2D eigenvalue weighted by Crippen LogP contribution is 2.21. The van der Waals surface area contributed by atoms with Crippen molar-refractivity contribution in [2.24, 2.45) is 0 Å². The molecule has 0 unspecified atom stereocenters. The number of halogens is 1. The van der Waals surface area contributed by atoms with E-state index in [1.54, 1.807) is 12.3 Å². The fraction of sp³-hybridized carbons (Fsp3) is 0.100. The maximum Gasteiger partial charge on any atom is 0.271 e. The number of nitro groups is 1. The summed E-state index contributed by atoms with van der Waals surface area (Å²) in [7, 11) is 0. The zero-order valence-electron chi connectivity index (χ0n) is 8.42. The molecular weight excluding hydrogens is 230 g/mol. The molecule has 1 heterocycles. The van der Waals surface area contributed by atoms with E-state index in [1.807, 2.05) is 6.92 Å². The summed E-state index contributed by atoms with van der Waals surface area (Å²) in [6.45, 7) is 1.86. The molecule has 0 radical (unpaired) electrons. The Morgan fingerprint density at radius 2 is 2.25 bits per heavy atom. The molecule has 0 N–H and O–H groups in total. The molecule has 2 rings (SSSR count). The maximum atomic E-state index is 10.7. The van der Waals surface area contributed by atoms with Gasteiger partial charge in [0.25, 0.3) is 5.69 Å². The van der Waals surface area contributed by atoms with Crippen LogP contribution >= 0.6 is 11.6 Å². The van der Waals surface area contributed by atoms with Crippen LogP contribution in [0.3, 0.4) is 0 Å². The number of aromatic nitrogens is 2. The van der Waals surface area contributed by atoms with Crippen LogP contribution < -0.4 is 0 Å². The van der Waals surface area contributed by atoms with Crippen molar-refractivity contribution in [3.05, 3.63) is 51.3 Å². The Labute approximate surface area is 96.4 Å². The van der Waals surface area contributed by atoms with Gasteiger partial charge in [-0.15, -0.1) is 0 Å². The SMILES string of the molecule is Cc1ccc([N+](=O)[O-])cc1-n1cc(Cl)cn1. The van der Waals surface area contributed by atoms with Crippen molar-refractivity contribution in [1.82, 2.24) is 9.78 Å². The summed E-state index contributed by atoms with van der Waals surface area (Å²) in [4.78, 5) is 10.2. The summed E-state index contributed by atoms with van der Waals surface area (Å²) in [5, 5.41) is 15.2. The average molecular weight is 238 g/mol. The lowest BCUT2D eigenvalue weighted by atomic mass is 10.2. The molecule has 0 spiro atoms. The van der Waals surface area contributed by atoms with Crippen molar-refractivity contribution < 1.29 is 4.92 Å². The van der Waals surface area contributed by atoms with E-state index < -0.39 is 4.92 Å². The second kappa shape index (κ2) is 3.94. The minimum Gasteiger partial charge on any atom is -0.258 e. The molecule has 0 aliphatic rings. The predicted molar refractivity (Wildman–Crippen MR) is 60.0 cm³/mol. The van der Waals surface area contributed by atoms with Gasteiger partial charge in [0.05, 0.1) is 21.8 Å². The quantitative estimate of drug-likeness (QED) is 0.596. The smallest absolute Gasteiger partial charge is 0.258 e. The van der Waals surface area contributed by atoms with Gasteiger partial charge in [0.1, 0.15) is 0 Å². The van der Waals surface area contributed by atoms with Crippen molar-refractivity contribution in [2.75, 3.05) is 0 Å². The zero-order chi connectivity index (χ0) is 11.7. The fourth-order valence-corrected chi connectivity index (χ4v) is 1.53. The van der Waals surface area contributed by atoms with E-state index in [0.717, 1.165) is 5.56 Å². The van der Waals surface area contributed by atoms with Gasteiger partial charge in [0.15, 0.2) is 0 Å². The van der Waals surface area contributed by atoms with Crippen molar-refractivity contribution in [3.8, 4) is 5.69 Å². The normalized spacial score (nSPS) is 10.4. The molecule has 2 aromatic rings. The van der Waals surface area contributed by atoms with Gasteiger partial charge in [-0.2, -0.15) is 5.10 Å². The van der Waals surface area contributed by atoms with E-state index in [-0.39, 0.29) is 5.69 Å². The molecule has 0 atom stereocenters. The molecule has 0 aliphatic heterocycles. The third kappa shape index (κ3) is 1.90. The number of non-ortho nitro benzene ring substituents is 1. The van der Waals surface area contributed by atoms with Gasteiger partial charge in [0, 0.05) is 18.3 Å². The number of nitrogens with zero attached hydrogens (tertiary/aromatic N) is 3. The van der Waals surface area contributed by atoms with Crippen molar-refractivity contribution in [3.63, 3.8) is 0 Å². The highest BCUT2D eigenvalue weighted by atomic mass is 35.5. The summed E-state index contributed by atoms with van der Waals surface area (Å²) in [5.41, 5.74) is 1.58. The number of hydrogen-bond donors (Lipinski definition) is 0. The topological polar surface area (TPSA) is 61.0 Å².